The molecule has 194 valence electrons. The SMILES string of the molecule is CCCCCCCCCCCCCCCCC(C)CCCC(C)CCCCCC(C)CC. The van der Waals surface area contributed by atoms with Crippen LogP contribution in [0.4, 0.5) is 0 Å². The monoisotopic (exact) mass is 451 g/mol. The lowest BCUT2D eigenvalue weighted by molar-refractivity contribution is 0.387. The van der Waals surface area contributed by atoms with Gasteiger partial charge in [-0.05, 0) is 17.8 Å². The van der Waals surface area contributed by atoms with Gasteiger partial charge in [0.25, 0.3) is 0 Å². The van der Waals surface area contributed by atoms with Gasteiger partial charge in [-0.2, -0.15) is 0 Å². The first-order valence-corrected chi connectivity index (χ1v) is 15.6. The number of hydrogen-bond donors (Lipinski definition) is 0. The summed E-state index contributed by atoms with van der Waals surface area (Å²) in [5.41, 5.74) is 0. The van der Waals surface area contributed by atoms with Crippen molar-refractivity contribution in [1.82, 2.24) is 0 Å². The zero-order chi connectivity index (χ0) is 23.7. The molecule has 0 saturated heterocycles. The highest BCUT2D eigenvalue weighted by atomic mass is 14.1. The predicted octanol–water partition coefficient (Wildman–Crippen LogP) is 12.3. The summed E-state index contributed by atoms with van der Waals surface area (Å²) in [7, 11) is 0. The van der Waals surface area contributed by atoms with Crippen LogP contribution >= 0.6 is 0 Å². The van der Waals surface area contributed by atoms with Crippen LogP contribution in [-0.2, 0) is 0 Å². The fourth-order valence-electron chi connectivity index (χ4n) is 5.16. The molecule has 3 atom stereocenters. The van der Waals surface area contributed by atoms with Gasteiger partial charge in [-0.25, -0.2) is 0 Å². The van der Waals surface area contributed by atoms with Gasteiger partial charge in [0, 0.05) is 0 Å². The van der Waals surface area contributed by atoms with E-state index in [0.717, 1.165) is 17.8 Å². The third kappa shape index (κ3) is 24.6. The molecule has 0 heterocycles. The molecule has 0 N–H and O–H groups in total. The van der Waals surface area contributed by atoms with Crippen molar-refractivity contribution in [3.8, 4) is 0 Å². The Morgan fingerprint density at radius 2 is 0.594 bits per heavy atom. The number of hydrogen-bond acceptors (Lipinski definition) is 0. The second-order valence-corrected chi connectivity index (χ2v) is 11.7. The van der Waals surface area contributed by atoms with Gasteiger partial charge in [-0.15, -0.1) is 0 Å². The van der Waals surface area contributed by atoms with E-state index in [2.05, 4.69) is 34.6 Å². The first-order chi connectivity index (χ1) is 15.6. The van der Waals surface area contributed by atoms with Crippen molar-refractivity contribution in [1.29, 1.82) is 0 Å². The van der Waals surface area contributed by atoms with Crippen molar-refractivity contribution in [2.24, 2.45) is 17.8 Å². The van der Waals surface area contributed by atoms with E-state index in [0.29, 0.717) is 0 Å². The molecule has 0 aromatic rings. The summed E-state index contributed by atoms with van der Waals surface area (Å²) >= 11 is 0. The van der Waals surface area contributed by atoms with E-state index >= 15 is 0 Å². The molecule has 0 aromatic heterocycles. The van der Waals surface area contributed by atoms with Gasteiger partial charge in [0.2, 0.25) is 0 Å². The van der Waals surface area contributed by atoms with E-state index < -0.39 is 0 Å². The first kappa shape index (κ1) is 32.0. The molecule has 0 aliphatic heterocycles. The Morgan fingerprint density at radius 3 is 0.969 bits per heavy atom. The van der Waals surface area contributed by atoms with Gasteiger partial charge < -0.3 is 0 Å². The maximum absolute atomic E-state index is 2.50. The van der Waals surface area contributed by atoms with E-state index in [1.54, 1.807) is 0 Å². The van der Waals surface area contributed by atoms with Crippen molar-refractivity contribution in [3.63, 3.8) is 0 Å². The Labute approximate surface area is 206 Å². The third-order valence-corrected chi connectivity index (χ3v) is 8.04. The normalized spacial score (nSPS) is 14.5. The van der Waals surface area contributed by atoms with Crippen molar-refractivity contribution in [3.05, 3.63) is 0 Å². The van der Waals surface area contributed by atoms with Crippen LogP contribution in [0.2, 0.25) is 0 Å². The van der Waals surface area contributed by atoms with Crippen LogP contribution in [0.15, 0.2) is 0 Å². The van der Waals surface area contributed by atoms with Crippen LogP contribution in [0.5, 0.6) is 0 Å². The van der Waals surface area contributed by atoms with Crippen molar-refractivity contribution < 1.29 is 0 Å². The molecule has 0 heteroatoms. The molecule has 0 aromatic carbocycles. The fraction of sp³-hybridized carbons (Fsp3) is 1.00. The molecule has 0 aliphatic carbocycles. The minimum Gasteiger partial charge on any atom is -0.0654 e. The number of rotatable bonds is 26. The summed E-state index contributed by atoms with van der Waals surface area (Å²) in [6.07, 6.45) is 35.1. The second kappa shape index (κ2) is 25.6. The Hall–Kier alpha value is 0. The molecule has 32 heavy (non-hydrogen) atoms. The lowest BCUT2D eigenvalue weighted by Crippen LogP contribution is -1.99. The largest absolute Gasteiger partial charge is 0.0654 e. The second-order valence-electron chi connectivity index (χ2n) is 11.7. The average Bonchev–Trinajstić information content (AvgIpc) is 2.78. The lowest BCUT2D eigenvalue weighted by atomic mass is 9.92. The molecule has 0 amide bonds. The molecule has 0 fully saturated rings. The molecule has 3 unspecified atom stereocenters. The summed E-state index contributed by atoms with van der Waals surface area (Å²) in [5, 5.41) is 0. The Kier molecular flexibility index (Phi) is 25.6. The minimum absolute atomic E-state index is 0.939. The molecular formula is C32H66. The highest BCUT2D eigenvalue weighted by Gasteiger charge is 2.06. The van der Waals surface area contributed by atoms with Crippen LogP contribution < -0.4 is 0 Å². The standard InChI is InChI=1S/C32H66/c1-6-8-9-10-11-12-13-14-15-16-17-18-19-21-26-31(4)28-24-29-32(5)27-23-20-22-25-30(3)7-2/h30-32H,6-29H2,1-5H3. The van der Waals surface area contributed by atoms with Crippen LogP contribution in [0.25, 0.3) is 0 Å². The average molecular weight is 451 g/mol. The molecule has 0 nitrogen and oxygen atoms in total. The van der Waals surface area contributed by atoms with E-state index in [1.165, 1.54) is 154 Å². The van der Waals surface area contributed by atoms with E-state index in [-0.39, 0.29) is 0 Å². The van der Waals surface area contributed by atoms with E-state index in [1.807, 2.05) is 0 Å². The third-order valence-electron chi connectivity index (χ3n) is 8.04. The first-order valence-electron chi connectivity index (χ1n) is 15.6. The van der Waals surface area contributed by atoms with Crippen LogP contribution in [0, 0.1) is 17.8 Å². The number of unbranched alkanes of at least 4 members (excludes halogenated alkanes) is 15. The summed E-state index contributed by atoms with van der Waals surface area (Å²) < 4.78 is 0. The van der Waals surface area contributed by atoms with Crippen LogP contribution in [0.1, 0.15) is 189 Å². The quantitative estimate of drug-likeness (QED) is 0.115. The summed E-state index contributed by atoms with van der Waals surface area (Å²) in [4.78, 5) is 0. The Balaban J connectivity index is 3.28. The van der Waals surface area contributed by atoms with Gasteiger partial charge in [0.15, 0.2) is 0 Å². The molecule has 0 rings (SSSR count). The topological polar surface area (TPSA) is 0 Å². The fourth-order valence-corrected chi connectivity index (χ4v) is 5.16. The molecular weight excluding hydrogens is 384 g/mol. The zero-order valence-corrected chi connectivity index (χ0v) is 23.7. The molecule has 0 saturated carbocycles. The smallest absolute Gasteiger partial charge is 0.0443 e. The minimum atomic E-state index is 0.939. The summed E-state index contributed by atoms with van der Waals surface area (Å²) in [6, 6.07) is 0. The maximum Gasteiger partial charge on any atom is -0.0443 e. The van der Waals surface area contributed by atoms with Crippen LogP contribution in [-0.4, -0.2) is 0 Å². The highest BCUT2D eigenvalue weighted by Crippen LogP contribution is 2.22. The maximum atomic E-state index is 2.50. The van der Waals surface area contributed by atoms with Gasteiger partial charge >= 0.3 is 0 Å². The Morgan fingerprint density at radius 1 is 0.312 bits per heavy atom. The van der Waals surface area contributed by atoms with Crippen molar-refractivity contribution in [2.75, 3.05) is 0 Å². The summed E-state index contributed by atoms with van der Waals surface area (Å²) in [6.45, 7) is 12.0. The Bertz CT molecular complexity index is 333. The molecule has 0 spiro atoms. The van der Waals surface area contributed by atoms with Crippen molar-refractivity contribution in [2.45, 2.75) is 189 Å². The van der Waals surface area contributed by atoms with Gasteiger partial charge in [-0.1, -0.05) is 189 Å². The summed E-state index contributed by atoms with van der Waals surface area (Å²) in [5.74, 6) is 2.84. The highest BCUT2D eigenvalue weighted by molar-refractivity contribution is 4.60. The van der Waals surface area contributed by atoms with Crippen molar-refractivity contribution >= 4 is 0 Å². The molecule has 0 aliphatic rings. The van der Waals surface area contributed by atoms with Gasteiger partial charge in [-0.3, -0.25) is 0 Å². The van der Waals surface area contributed by atoms with Gasteiger partial charge in [0.1, 0.15) is 0 Å². The predicted molar refractivity (Wildman–Crippen MR) is 150 cm³/mol. The molecule has 0 radical (unpaired) electrons. The van der Waals surface area contributed by atoms with Crippen LogP contribution in [0.3, 0.4) is 0 Å². The van der Waals surface area contributed by atoms with Gasteiger partial charge in [0.05, 0.1) is 0 Å². The molecule has 0 bridgehead atoms. The van der Waals surface area contributed by atoms with E-state index in [9.17, 15) is 0 Å². The lowest BCUT2D eigenvalue weighted by Gasteiger charge is -2.15. The zero-order valence-electron chi connectivity index (χ0n) is 23.7. The van der Waals surface area contributed by atoms with E-state index in [4.69, 9.17) is 0 Å².